The lowest BCUT2D eigenvalue weighted by Gasteiger charge is -2.20. The molecular formula is C40H66N6O10. The van der Waals surface area contributed by atoms with Gasteiger partial charge < -0.3 is 57.0 Å². The number of carbonyl (C=O) groups is 4. The maximum absolute atomic E-state index is 13.0. The molecule has 2 unspecified atom stereocenters. The summed E-state index contributed by atoms with van der Waals surface area (Å²) in [5.41, 5.74) is 18.9. The predicted molar refractivity (Wildman–Crippen MR) is 216 cm³/mol. The molecule has 2 aromatic rings. The predicted octanol–water partition coefficient (Wildman–Crippen LogP) is 2.60. The first-order chi connectivity index (χ1) is 27.2. The van der Waals surface area contributed by atoms with Crippen LogP contribution in [0.3, 0.4) is 0 Å². The molecule has 0 aliphatic heterocycles. The molecule has 1 aliphatic rings. The van der Waals surface area contributed by atoms with Gasteiger partial charge in [-0.2, -0.15) is 0 Å². The lowest BCUT2D eigenvalue weighted by Crippen LogP contribution is -2.30. The van der Waals surface area contributed by atoms with Crippen LogP contribution in [0.5, 0.6) is 0 Å². The molecule has 11 N–H and O–H groups in total. The highest BCUT2D eigenvalue weighted by Gasteiger charge is 2.31. The maximum atomic E-state index is 13.0. The average molecular weight is 791 g/mol. The summed E-state index contributed by atoms with van der Waals surface area (Å²) in [7, 11) is 0. The molecule has 0 aromatic heterocycles. The van der Waals surface area contributed by atoms with E-state index in [4.69, 9.17) is 51.2 Å². The van der Waals surface area contributed by atoms with Gasteiger partial charge in [0.2, 0.25) is 0 Å². The smallest absolute Gasteiger partial charge is 0.320 e. The van der Waals surface area contributed by atoms with Crippen molar-refractivity contribution in [1.82, 2.24) is 10.6 Å². The summed E-state index contributed by atoms with van der Waals surface area (Å²) in [6, 6.07) is 11.8. The zero-order valence-corrected chi connectivity index (χ0v) is 33.0. The van der Waals surface area contributed by atoms with Crippen LogP contribution in [-0.2, 0) is 28.5 Å². The molecule has 0 heterocycles. The molecule has 0 saturated heterocycles. The van der Waals surface area contributed by atoms with Crippen LogP contribution in [0.4, 0.5) is 5.69 Å². The third kappa shape index (κ3) is 22.6. The van der Waals surface area contributed by atoms with Crippen molar-refractivity contribution in [2.75, 3.05) is 91.0 Å². The summed E-state index contributed by atoms with van der Waals surface area (Å²) in [6.45, 7) is 10.3. The van der Waals surface area contributed by atoms with Crippen LogP contribution < -0.4 is 33.2 Å². The molecule has 16 nitrogen and oxygen atoms in total. The second-order valence-corrected chi connectivity index (χ2v) is 13.0. The van der Waals surface area contributed by atoms with Gasteiger partial charge in [0.25, 0.3) is 6.47 Å². The number of benzene rings is 2. The van der Waals surface area contributed by atoms with Gasteiger partial charge in [-0.3, -0.25) is 24.5 Å². The lowest BCUT2D eigenvalue weighted by atomic mass is 9.83. The van der Waals surface area contributed by atoms with Gasteiger partial charge in [0, 0.05) is 54.7 Å². The molecule has 56 heavy (non-hydrogen) atoms. The number of nitrogens with one attached hydrogen (secondary N) is 3. The number of aliphatic carboxylic acids is 1. The Balaban J connectivity index is 0.000000657. The minimum absolute atomic E-state index is 0.122. The normalized spacial score (nSPS) is 12.6. The van der Waals surface area contributed by atoms with Gasteiger partial charge in [-0.15, -0.1) is 0 Å². The third-order valence-corrected chi connectivity index (χ3v) is 8.30. The molecule has 16 heteroatoms. The van der Waals surface area contributed by atoms with Gasteiger partial charge >= 0.3 is 5.97 Å². The Hall–Kier alpha value is -3.84. The van der Waals surface area contributed by atoms with Crippen LogP contribution in [-0.4, -0.2) is 132 Å². The molecule has 2 atom stereocenters. The van der Waals surface area contributed by atoms with E-state index in [2.05, 4.69) is 16.0 Å². The summed E-state index contributed by atoms with van der Waals surface area (Å²) >= 11 is 0. The monoisotopic (exact) mass is 790 g/mol. The van der Waals surface area contributed by atoms with E-state index in [0.717, 1.165) is 64.8 Å². The van der Waals surface area contributed by atoms with Gasteiger partial charge in [-0.25, -0.2) is 0 Å². The highest BCUT2D eigenvalue weighted by molar-refractivity contribution is 6.30. The number of hydrogen-bond acceptors (Lipinski definition) is 14. The van der Waals surface area contributed by atoms with Crippen LogP contribution in [0.25, 0.3) is 0 Å². The molecule has 0 saturated carbocycles. The van der Waals surface area contributed by atoms with Crippen molar-refractivity contribution in [1.29, 1.82) is 0 Å². The van der Waals surface area contributed by atoms with Gasteiger partial charge in [0.1, 0.15) is 6.04 Å². The molecule has 1 aliphatic carbocycles. The number of hydrogen-bond donors (Lipinski definition) is 8. The van der Waals surface area contributed by atoms with E-state index >= 15 is 0 Å². The van der Waals surface area contributed by atoms with E-state index in [0.29, 0.717) is 99.9 Å². The highest BCUT2D eigenvalue weighted by Crippen LogP contribution is 2.31. The van der Waals surface area contributed by atoms with Crippen LogP contribution in [0.2, 0.25) is 0 Å². The van der Waals surface area contributed by atoms with Crippen molar-refractivity contribution in [2.45, 2.75) is 70.4 Å². The quantitative estimate of drug-likeness (QED) is 0.0274. The first kappa shape index (κ1) is 50.2. The number of nitrogens with two attached hydrogens (primary N) is 3. The van der Waals surface area contributed by atoms with Crippen molar-refractivity contribution < 1.29 is 48.3 Å². The fourth-order valence-corrected chi connectivity index (χ4v) is 5.36. The number of carboxylic acid groups (broad SMARTS) is 2. The zero-order chi connectivity index (χ0) is 41.2. The summed E-state index contributed by atoms with van der Waals surface area (Å²) in [5.74, 6) is -1.21. The molecule has 0 bridgehead atoms. The topological polar surface area (TPSA) is 260 Å². The Bertz CT molecular complexity index is 1370. The number of anilines is 1. The number of carboxylic acids is 1. The van der Waals surface area contributed by atoms with Crippen LogP contribution in [0.15, 0.2) is 42.5 Å². The molecule has 0 fully saturated rings. The highest BCUT2D eigenvalue weighted by atomic mass is 16.5. The maximum Gasteiger partial charge on any atom is 0.320 e. The van der Waals surface area contributed by atoms with Crippen molar-refractivity contribution in [3.8, 4) is 0 Å². The Morgan fingerprint density at radius 3 is 1.91 bits per heavy atom. The average Bonchev–Trinajstić information content (AvgIpc) is 3.19. The summed E-state index contributed by atoms with van der Waals surface area (Å²) in [6.07, 6.45) is 7.22. The number of ether oxygens (including phenoxy) is 4. The molecular weight excluding hydrogens is 724 g/mol. The van der Waals surface area contributed by atoms with Crippen molar-refractivity contribution in [3.05, 3.63) is 64.7 Å². The van der Waals surface area contributed by atoms with Crippen LogP contribution >= 0.6 is 0 Å². The minimum atomic E-state index is -0.953. The minimum Gasteiger partial charge on any atom is -0.483 e. The number of carbonyl (C=O) groups excluding carboxylic acids is 2. The Morgan fingerprint density at radius 1 is 0.696 bits per heavy atom. The number of rotatable bonds is 30. The van der Waals surface area contributed by atoms with Gasteiger partial charge in [0.05, 0.1) is 45.3 Å². The van der Waals surface area contributed by atoms with Gasteiger partial charge in [-0.1, -0.05) is 49.2 Å². The first-order valence-corrected chi connectivity index (χ1v) is 19.5. The molecule has 3 rings (SSSR count). The lowest BCUT2D eigenvalue weighted by molar-refractivity contribution is -0.138. The van der Waals surface area contributed by atoms with E-state index in [1.165, 1.54) is 6.42 Å². The Labute approximate surface area is 331 Å². The van der Waals surface area contributed by atoms with Gasteiger partial charge in [-0.05, 0) is 71.1 Å². The molecule has 0 radical (unpaired) electrons. The molecule has 316 valence electrons. The summed E-state index contributed by atoms with van der Waals surface area (Å²) in [4.78, 5) is 44.8. The van der Waals surface area contributed by atoms with E-state index in [1.807, 2.05) is 13.0 Å². The van der Waals surface area contributed by atoms with E-state index < -0.39 is 12.0 Å². The number of unbranched alkanes of at least 4 members (excludes halogenated alkanes) is 2. The van der Waals surface area contributed by atoms with E-state index in [9.17, 15) is 14.4 Å². The largest absolute Gasteiger partial charge is 0.483 e. The van der Waals surface area contributed by atoms with Crippen molar-refractivity contribution in [3.63, 3.8) is 0 Å². The second-order valence-electron chi connectivity index (χ2n) is 13.0. The first-order valence-electron chi connectivity index (χ1n) is 19.5. The molecule has 2 aromatic carbocycles. The van der Waals surface area contributed by atoms with Crippen molar-refractivity contribution >= 4 is 29.7 Å². The van der Waals surface area contributed by atoms with E-state index in [1.54, 1.807) is 36.4 Å². The van der Waals surface area contributed by atoms with Crippen LogP contribution in [0, 0.1) is 0 Å². The fourth-order valence-electron chi connectivity index (χ4n) is 5.36. The van der Waals surface area contributed by atoms with Crippen LogP contribution in [0.1, 0.15) is 90.1 Å². The fraction of sp³-hybridized carbons (Fsp3) is 0.600. The van der Waals surface area contributed by atoms with Gasteiger partial charge in [0.15, 0.2) is 11.6 Å². The zero-order valence-electron chi connectivity index (χ0n) is 33.0. The second kappa shape index (κ2) is 33.3. The standard InChI is InChI=1S/C27H35N3O6.C12H29N3O2.CH2O2/c28-22(27(33)34)10-3-4-12-29-14-16-36-18-17-35-15-6-13-30-23-11-5-9-21-24(23)26(32)20-8-2-1-7-19(20)25(21)31;1-12(14)5-2-3-7-15-11-17-10-9-16-8-4-6-13;2-1-3/h1-2,5,7-9,11,22,29-30H,3-4,6,10,12-18,28H2,(H,33,34);12,15H,2-11,13-14H2,1H3;1H,(H,2,3). The number of ketones is 2. The Morgan fingerprint density at radius 2 is 1.27 bits per heavy atom. The summed E-state index contributed by atoms with van der Waals surface area (Å²) in [5, 5.41) is 25.4. The number of fused-ring (bicyclic) bond motifs is 2. The van der Waals surface area contributed by atoms with Crippen molar-refractivity contribution in [2.24, 2.45) is 17.2 Å². The third-order valence-electron chi connectivity index (χ3n) is 8.30. The van der Waals surface area contributed by atoms with E-state index in [-0.39, 0.29) is 18.0 Å². The molecule has 0 spiro atoms. The summed E-state index contributed by atoms with van der Waals surface area (Å²) < 4.78 is 21.8. The SMILES string of the molecule is CC(N)CCCCNCOCCOCCCN.NC(CCCCNCCOCCOCCCNc1cccc2c1C(=O)c1ccccc1C2=O)C(=O)O.O=CO. The molecule has 0 amide bonds. The Kier molecular flexibility index (Phi) is 29.9.